The number of hydrogen-bond acceptors (Lipinski definition) is 7. The Labute approximate surface area is 155 Å². The Kier molecular flexibility index (Phi) is 4.10. The summed E-state index contributed by atoms with van der Waals surface area (Å²) in [5.74, 6) is 1.85. The van der Waals surface area contributed by atoms with E-state index in [0.29, 0.717) is 6.04 Å². The van der Waals surface area contributed by atoms with Crippen LogP contribution >= 0.6 is 11.8 Å². The van der Waals surface area contributed by atoms with Gasteiger partial charge in [-0.3, -0.25) is 4.68 Å². The third-order valence-electron chi connectivity index (χ3n) is 4.90. The van der Waals surface area contributed by atoms with Crippen LogP contribution in [0.15, 0.2) is 31.2 Å². The number of aromatic nitrogens is 6. The SMILES string of the molecule is C1=C(c2cnn(C3CCNCC3)c2)SCCN1c1ncnc2[nH]cnc12. The minimum atomic E-state index is 0.501. The van der Waals surface area contributed by atoms with Crippen LogP contribution in [-0.2, 0) is 0 Å². The highest BCUT2D eigenvalue weighted by Gasteiger charge is 2.21. The van der Waals surface area contributed by atoms with Crippen molar-refractivity contribution in [3.63, 3.8) is 0 Å². The van der Waals surface area contributed by atoms with E-state index in [-0.39, 0.29) is 0 Å². The number of H-pyrrole nitrogens is 1. The zero-order valence-corrected chi connectivity index (χ0v) is 15.1. The lowest BCUT2D eigenvalue weighted by atomic mass is 10.1. The second-order valence-corrected chi connectivity index (χ2v) is 7.66. The van der Waals surface area contributed by atoms with Gasteiger partial charge in [-0.1, -0.05) is 0 Å². The van der Waals surface area contributed by atoms with Gasteiger partial charge in [0.15, 0.2) is 17.0 Å². The second-order valence-electron chi connectivity index (χ2n) is 6.52. The third-order valence-corrected chi connectivity index (χ3v) is 5.94. The summed E-state index contributed by atoms with van der Waals surface area (Å²) in [7, 11) is 0. The molecule has 134 valence electrons. The van der Waals surface area contributed by atoms with Gasteiger partial charge >= 0.3 is 0 Å². The average molecular weight is 368 g/mol. The lowest BCUT2D eigenvalue weighted by molar-refractivity contribution is 0.343. The monoisotopic (exact) mass is 368 g/mol. The molecular weight excluding hydrogens is 348 g/mol. The van der Waals surface area contributed by atoms with E-state index in [1.807, 2.05) is 18.0 Å². The number of anilines is 1. The predicted octanol–water partition coefficient (Wildman–Crippen LogP) is 2.03. The summed E-state index contributed by atoms with van der Waals surface area (Å²) in [6.45, 7) is 3.03. The maximum absolute atomic E-state index is 4.63. The summed E-state index contributed by atoms with van der Waals surface area (Å²) >= 11 is 1.86. The van der Waals surface area contributed by atoms with E-state index in [1.54, 1.807) is 12.7 Å². The van der Waals surface area contributed by atoms with Crippen molar-refractivity contribution < 1.29 is 0 Å². The fourth-order valence-electron chi connectivity index (χ4n) is 3.52. The first-order valence-electron chi connectivity index (χ1n) is 8.89. The lowest BCUT2D eigenvalue weighted by Crippen LogP contribution is -2.29. The van der Waals surface area contributed by atoms with Gasteiger partial charge in [0.25, 0.3) is 0 Å². The molecule has 0 aromatic carbocycles. The molecule has 0 atom stereocenters. The Morgan fingerprint density at radius 3 is 3.00 bits per heavy atom. The number of imidazole rings is 1. The van der Waals surface area contributed by atoms with E-state index >= 15 is 0 Å². The van der Waals surface area contributed by atoms with Crippen molar-refractivity contribution in [1.82, 2.24) is 35.0 Å². The molecule has 1 fully saturated rings. The molecule has 2 aliphatic rings. The van der Waals surface area contributed by atoms with Crippen molar-refractivity contribution >= 4 is 33.6 Å². The molecule has 2 aliphatic heterocycles. The third kappa shape index (κ3) is 2.86. The van der Waals surface area contributed by atoms with E-state index in [4.69, 9.17) is 0 Å². The van der Waals surface area contributed by atoms with Crippen molar-refractivity contribution in [2.24, 2.45) is 0 Å². The highest BCUT2D eigenvalue weighted by atomic mass is 32.2. The minimum absolute atomic E-state index is 0.501. The number of fused-ring (bicyclic) bond motifs is 1. The van der Waals surface area contributed by atoms with Crippen LogP contribution in [0.3, 0.4) is 0 Å². The summed E-state index contributed by atoms with van der Waals surface area (Å²) in [6, 6.07) is 0.501. The van der Waals surface area contributed by atoms with Crippen molar-refractivity contribution in [2.45, 2.75) is 18.9 Å². The van der Waals surface area contributed by atoms with Crippen LogP contribution in [-0.4, -0.2) is 55.1 Å². The highest BCUT2D eigenvalue weighted by molar-refractivity contribution is 8.08. The maximum atomic E-state index is 4.63. The highest BCUT2D eigenvalue weighted by Crippen LogP contribution is 2.34. The molecule has 0 saturated carbocycles. The Morgan fingerprint density at radius 1 is 1.15 bits per heavy atom. The molecule has 3 aromatic rings. The Bertz CT molecular complexity index is 939. The number of piperidine rings is 1. The first-order valence-corrected chi connectivity index (χ1v) is 9.87. The van der Waals surface area contributed by atoms with E-state index < -0.39 is 0 Å². The number of thioether (sulfide) groups is 1. The standard InChI is InChI=1S/C17H20N8S/c1-3-18-4-2-13(1)25-8-12(7-23-25)14-9-24(5-6-26-14)17-15-16(20-10-19-15)21-11-22-17/h7-11,13,18H,1-6H2,(H,19,20,21,22). The molecule has 9 heteroatoms. The second kappa shape index (κ2) is 6.73. The first-order chi connectivity index (χ1) is 12.9. The topological polar surface area (TPSA) is 87.5 Å². The molecule has 5 rings (SSSR count). The van der Waals surface area contributed by atoms with Crippen LogP contribution in [0.4, 0.5) is 5.82 Å². The Balaban J connectivity index is 1.44. The largest absolute Gasteiger partial charge is 0.329 e. The maximum Gasteiger partial charge on any atom is 0.164 e. The summed E-state index contributed by atoms with van der Waals surface area (Å²) in [6.07, 6.45) is 11.8. The lowest BCUT2D eigenvalue weighted by Gasteiger charge is -2.25. The van der Waals surface area contributed by atoms with Crippen LogP contribution in [0.2, 0.25) is 0 Å². The smallest absolute Gasteiger partial charge is 0.164 e. The Morgan fingerprint density at radius 2 is 2.08 bits per heavy atom. The molecule has 0 unspecified atom stereocenters. The van der Waals surface area contributed by atoms with Crippen molar-refractivity contribution in [3.8, 4) is 0 Å². The number of aromatic amines is 1. The molecule has 0 spiro atoms. The molecule has 26 heavy (non-hydrogen) atoms. The minimum Gasteiger partial charge on any atom is -0.329 e. The molecular formula is C17H20N8S. The van der Waals surface area contributed by atoms with Crippen molar-refractivity contribution in [1.29, 1.82) is 0 Å². The molecule has 0 bridgehead atoms. The Hall–Kier alpha value is -2.39. The van der Waals surface area contributed by atoms with E-state index in [1.165, 1.54) is 10.5 Å². The van der Waals surface area contributed by atoms with Crippen molar-refractivity contribution in [2.75, 3.05) is 30.3 Å². The molecule has 8 nitrogen and oxygen atoms in total. The zero-order valence-electron chi connectivity index (χ0n) is 14.3. The normalized spacial score (nSPS) is 19.1. The molecule has 2 N–H and O–H groups in total. The molecule has 1 saturated heterocycles. The van der Waals surface area contributed by atoms with Gasteiger partial charge in [-0.15, -0.1) is 11.8 Å². The number of nitrogens with zero attached hydrogens (tertiary/aromatic N) is 6. The van der Waals surface area contributed by atoms with Gasteiger partial charge in [0.2, 0.25) is 0 Å². The van der Waals surface area contributed by atoms with Gasteiger partial charge in [0.1, 0.15) is 6.33 Å². The number of hydrogen-bond donors (Lipinski definition) is 2. The van der Waals surface area contributed by atoms with Crippen LogP contribution in [0.5, 0.6) is 0 Å². The summed E-state index contributed by atoms with van der Waals surface area (Å²) in [5.41, 5.74) is 2.74. The summed E-state index contributed by atoms with van der Waals surface area (Å²) < 4.78 is 2.13. The van der Waals surface area contributed by atoms with Gasteiger partial charge < -0.3 is 15.2 Å². The van der Waals surface area contributed by atoms with E-state index in [9.17, 15) is 0 Å². The van der Waals surface area contributed by atoms with Crippen LogP contribution in [0.25, 0.3) is 16.1 Å². The number of rotatable bonds is 3. The van der Waals surface area contributed by atoms with Crippen molar-refractivity contribution in [3.05, 3.63) is 36.8 Å². The van der Waals surface area contributed by atoms with Crippen LogP contribution in [0.1, 0.15) is 24.4 Å². The molecule has 0 amide bonds. The average Bonchev–Trinajstić information content (AvgIpc) is 3.38. The van der Waals surface area contributed by atoms with Gasteiger partial charge in [0, 0.05) is 35.2 Å². The fraction of sp³-hybridized carbons (Fsp3) is 0.412. The van der Waals surface area contributed by atoms with Gasteiger partial charge in [-0.2, -0.15) is 5.10 Å². The van der Waals surface area contributed by atoms with Gasteiger partial charge in [0.05, 0.1) is 18.6 Å². The van der Waals surface area contributed by atoms with E-state index in [2.05, 4.69) is 52.3 Å². The zero-order chi connectivity index (χ0) is 17.3. The summed E-state index contributed by atoms with van der Waals surface area (Å²) in [4.78, 5) is 19.5. The predicted molar refractivity (Wildman–Crippen MR) is 103 cm³/mol. The molecule has 5 heterocycles. The van der Waals surface area contributed by atoms with Crippen LogP contribution < -0.4 is 10.2 Å². The first kappa shape index (κ1) is 15.8. The quantitative estimate of drug-likeness (QED) is 0.731. The molecule has 0 radical (unpaired) electrons. The van der Waals surface area contributed by atoms with Crippen LogP contribution in [0, 0.1) is 0 Å². The molecule has 0 aliphatic carbocycles. The molecule has 3 aromatic heterocycles. The van der Waals surface area contributed by atoms with Gasteiger partial charge in [-0.25, -0.2) is 15.0 Å². The van der Waals surface area contributed by atoms with Gasteiger partial charge in [-0.05, 0) is 25.9 Å². The van der Waals surface area contributed by atoms with E-state index in [0.717, 1.165) is 55.2 Å². The number of nitrogens with one attached hydrogen (secondary N) is 2. The summed E-state index contributed by atoms with van der Waals surface area (Å²) in [5, 5.41) is 8.03. The fourth-order valence-corrected chi connectivity index (χ4v) is 4.50.